The number of nitrogens with zero attached hydrogens (tertiary/aromatic N) is 1. The van der Waals surface area contributed by atoms with Crippen LogP contribution >= 0.6 is 23.2 Å². The summed E-state index contributed by atoms with van der Waals surface area (Å²) in [7, 11) is 0. The van der Waals surface area contributed by atoms with Crippen LogP contribution < -0.4 is 0 Å². The Morgan fingerprint density at radius 3 is 2.78 bits per heavy atom. The third-order valence-electron chi connectivity index (χ3n) is 2.10. The molecule has 0 saturated carbocycles. The molecule has 2 rings (SSSR count). The molecule has 0 saturated heterocycles. The van der Waals surface area contributed by atoms with E-state index < -0.39 is 18.2 Å². The molecular weight excluding hydrogens is 281 g/mol. The quantitative estimate of drug-likeness (QED) is 0.793. The lowest BCUT2D eigenvalue weighted by Gasteiger charge is -2.11. The second-order valence-corrected chi connectivity index (χ2v) is 4.17. The van der Waals surface area contributed by atoms with Gasteiger partial charge in [0.25, 0.3) is 6.29 Å². The van der Waals surface area contributed by atoms with Gasteiger partial charge in [0.2, 0.25) is 0 Å². The van der Waals surface area contributed by atoms with Crippen LogP contribution in [0.3, 0.4) is 0 Å². The standard InChI is InChI=1S/C11H7Cl2NO4/c12-8-9(13)11(18-10(8)16)17-7(15)5-6-3-1-2-4-14-6/h1-4,11H,5H2. The molecule has 1 unspecified atom stereocenters. The molecule has 0 spiro atoms. The summed E-state index contributed by atoms with van der Waals surface area (Å²) in [6.07, 6.45) is 0.251. The maximum atomic E-state index is 11.5. The van der Waals surface area contributed by atoms with Crippen LogP contribution in [0.15, 0.2) is 34.5 Å². The number of pyridine rings is 1. The van der Waals surface area contributed by atoms with Gasteiger partial charge in [0, 0.05) is 6.20 Å². The predicted octanol–water partition coefficient (Wildman–Crippen LogP) is 1.74. The van der Waals surface area contributed by atoms with E-state index in [2.05, 4.69) is 9.72 Å². The number of cyclic esters (lactones) is 1. The van der Waals surface area contributed by atoms with Crippen molar-refractivity contribution in [2.24, 2.45) is 0 Å². The predicted molar refractivity (Wildman–Crippen MR) is 62.6 cm³/mol. The SMILES string of the molecule is O=C(Cc1ccccn1)OC1OC(=O)C(Cl)=C1Cl. The molecule has 0 aliphatic carbocycles. The highest BCUT2D eigenvalue weighted by Gasteiger charge is 2.35. The Hall–Kier alpha value is -1.59. The van der Waals surface area contributed by atoms with Gasteiger partial charge in [-0.25, -0.2) is 4.79 Å². The Morgan fingerprint density at radius 1 is 1.44 bits per heavy atom. The molecule has 0 amide bonds. The molecule has 18 heavy (non-hydrogen) atoms. The zero-order valence-corrected chi connectivity index (χ0v) is 10.4. The van der Waals surface area contributed by atoms with Crippen LogP contribution in [0.4, 0.5) is 0 Å². The molecule has 7 heteroatoms. The first-order valence-corrected chi connectivity index (χ1v) is 5.69. The van der Waals surface area contributed by atoms with Gasteiger partial charge in [-0.3, -0.25) is 9.78 Å². The van der Waals surface area contributed by atoms with Gasteiger partial charge in [0.15, 0.2) is 0 Å². The zero-order valence-electron chi connectivity index (χ0n) is 8.93. The molecule has 1 aromatic heterocycles. The summed E-state index contributed by atoms with van der Waals surface area (Å²) < 4.78 is 9.53. The van der Waals surface area contributed by atoms with Crippen LogP contribution in [-0.4, -0.2) is 23.2 Å². The van der Waals surface area contributed by atoms with E-state index in [9.17, 15) is 9.59 Å². The molecule has 2 heterocycles. The largest absolute Gasteiger partial charge is 0.419 e. The summed E-state index contributed by atoms with van der Waals surface area (Å²) in [5.74, 6) is -1.42. The molecule has 0 N–H and O–H groups in total. The first kappa shape index (κ1) is 12.9. The van der Waals surface area contributed by atoms with Crippen molar-refractivity contribution in [2.45, 2.75) is 12.7 Å². The summed E-state index contributed by atoms with van der Waals surface area (Å²) in [5.41, 5.74) is 0.540. The summed E-state index contributed by atoms with van der Waals surface area (Å²) >= 11 is 11.2. The van der Waals surface area contributed by atoms with Gasteiger partial charge in [-0.15, -0.1) is 0 Å². The summed E-state index contributed by atoms with van der Waals surface area (Å²) in [6, 6.07) is 5.15. The number of ether oxygens (including phenoxy) is 2. The fraction of sp³-hybridized carbons (Fsp3) is 0.182. The number of carbonyl (C=O) groups excluding carboxylic acids is 2. The topological polar surface area (TPSA) is 65.5 Å². The summed E-state index contributed by atoms with van der Waals surface area (Å²) in [4.78, 5) is 26.5. The third kappa shape index (κ3) is 2.80. The van der Waals surface area contributed by atoms with E-state index >= 15 is 0 Å². The van der Waals surface area contributed by atoms with Crippen LogP contribution in [0.2, 0.25) is 0 Å². The van der Waals surface area contributed by atoms with E-state index in [1.807, 2.05) is 0 Å². The highest BCUT2D eigenvalue weighted by molar-refractivity contribution is 6.48. The van der Waals surface area contributed by atoms with Gasteiger partial charge in [-0.2, -0.15) is 0 Å². The normalized spacial score (nSPS) is 18.8. The minimum absolute atomic E-state index is 0.0450. The maximum absolute atomic E-state index is 11.5. The molecule has 0 aromatic carbocycles. The van der Waals surface area contributed by atoms with Crippen LogP contribution in [0.5, 0.6) is 0 Å². The van der Waals surface area contributed by atoms with Crippen LogP contribution in [0.25, 0.3) is 0 Å². The van der Waals surface area contributed by atoms with Crippen LogP contribution in [0.1, 0.15) is 5.69 Å². The Kier molecular flexibility index (Phi) is 3.84. The molecule has 1 aromatic rings. The lowest BCUT2D eigenvalue weighted by molar-refractivity contribution is -0.172. The van der Waals surface area contributed by atoms with E-state index in [4.69, 9.17) is 27.9 Å². The lowest BCUT2D eigenvalue weighted by atomic mass is 10.3. The third-order valence-corrected chi connectivity index (χ3v) is 2.92. The van der Waals surface area contributed by atoms with E-state index in [0.29, 0.717) is 5.69 Å². The minimum Gasteiger partial charge on any atom is -0.419 e. The number of aromatic nitrogens is 1. The van der Waals surface area contributed by atoms with Gasteiger partial charge in [-0.1, -0.05) is 29.3 Å². The Morgan fingerprint density at radius 2 is 2.22 bits per heavy atom. The van der Waals surface area contributed by atoms with E-state index in [1.54, 1.807) is 24.4 Å². The maximum Gasteiger partial charge on any atom is 0.354 e. The smallest absolute Gasteiger partial charge is 0.354 e. The first-order valence-electron chi connectivity index (χ1n) is 4.93. The van der Waals surface area contributed by atoms with Crippen molar-refractivity contribution in [1.82, 2.24) is 4.98 Å². The molecule has 1 aliphatic rings. The lowest BCUT2D eigenvalue weighted by Crippen LogP contribution is -2.21. The molecule has 0 bridgehead atoms. The number of halogens is 2. The molecule has 0 radical (unpaired) electrons. The van der Waals surface area contributed by atoms with Crippen LogP contribution in [0, 0.1) is 0 Å². The highest BCUT2D eigenvalue weighted by atomic mass is 35.5. The Balaban J connectivity index is 1.96. The second-order valence-electron chi connectivity index (χ2n) is 3.39. The molecular formula is C11H7Cl2NO4. The van der Waals surface area contributed by atoms with E-state index in [0.717, 1.165) is 0 Å². The number of carbonyl (C=O) groups is 2. The van der Waals surface area contributed by atoms with Gasteiger partial charge in [0.05, 0.1) is 12.1 Å². The monoisotopic (exact) mass is 287 g/mol. The molecule has 1 atom stereocenters. The van der Waals surface area contributed by atoms with Crippen molar-refractivity contribution in [3.8, 4) is 0 Å². The average Bonchev–Trinajstić information content (AvgIpc) is 2.58. The molecule has 5 nitrogen and oxygen atoms in total. The van der Waals surface area contributed by atoms with Crippen molar-refractivity contribution in [3.63, 3.8) is 0 Å². The fourth-order valence-corrected chi connectivity index (χ4v) is 1.59. The Bertz CT molecular complexity index is 515. The number of hydrogen-bond donors (Lipinski definition) is 0. The van der Waals surface area contributed by atoms with Crippen molar-refractivity contribution in [1.29, 1.82) is 0 Å². The van der Waals surface area contributed by atoms with Gasteiger partial charge in [0.1, 0.15) is 10.1 Å². The van der Waals surface area contributed by atoms with Crippen molar-refractivity contribution in [3.05, 3.63) is 40.2 Å². The fourth-order valence-electron chi connectivity index (χ4n) is 1.29. The summed E-state index contributed by atoms with van der Waals surface area (Å²) in [6.45, 7) is 0. The molecule has 94 valence electrons. The number of hydrogen-bond acceptors (Lipinski definition) is 5. The van der Waals surface area contributed by atoms with Crippen LogP contribution in [-0.2, 0) is 25.5 Å². The van der Waals surface area contributed by atoms with Crippen molar-refractivity contribution >= 4 is 35.1 Å². The highest BCUT2D eigenvalue weighted by Crippen LogP contribution is 2.29. The van der Waals surface area contributed by atoms with Crippen molar-refractivity contribution in [2.75, 3.05) is 0 Å². The van der Waals surface area contributed by atoms with Gasteiger partial charge < -0.3 is 9.47 Å². The minimum atomic E-state index is -1.26. The number of esters is 2. The number of rotatable bonds is 3. The van der Waals surface area contributed by atoms with E-state index in [-0.39, 0.29) is 16.5 Å². The second kappa shape index (κ2) is 5.37. The molecule has 1 aliphatic heterocycles. The Labute approximate surface area is 112 Å². The molecule has 0 fully saturated rings. The van der Waals surface area contributed by atoms with Gasteiger partial charge >= 0.3 is 11.9 Å². The van der Waals surface area contributed by atoms with Gasteiger partial charge in [-0.05, 0) is 12.1 Å². The zero-order chi connectivity index (χ0) is 13.1. The average molecular weight is 288 g/mol. The summed E-state index contributed by atoms with van der Waals surface area (Å²) in [5, 5.41) is -0.400. The first-order chi connectivity index (χ1) is 8.58. The van der Waals surface area contributed by atoms with E-state index in [1.165, 1.54) is 0 Å². The van der Waals surface area contributed by atoms with Crippen molar-refractivity contribution < 1.29 is 19.1 Å².